The van der Waals surface area contributed by atoms with Gasteiger partial charge in [-0.05, 0) is 65.9 Å². The highest BCUT2D eigenvalue weighted by Gasteiger charge is 2.32. The third-order valence-electron chi connectivity index (χ3n) is 7.38. The highest BCUT2D eigenvalue weighted by molar-refractivity contribution is 9.10. The minimum atomic E-state index is -1.15. The second kappa shape index (κ2) is 12.2. The van der Waals surface area contributed by atoms with E-state index in [0.717, 1.165) is 44.7 Å². The zero-order chi connectivity index (χ0) is 29.1. The first-order chi connectivity index (χ1) is 19.7. The Morgan fingerprint density at radius 2 is 1.76 bits per heavy atom. The second-order valence-corrected chi connectivity index (χ2v) is 11.2. The van der Waals surface area contributed by atoms with E-state index in [9.17, 15) is 23.2 Å². The molecular formula is C31H29BrF2N4O3. The van der Waals surface area contributed by atoms with Gasteiger partial charge in [0.05, 0.1) is 0 Å². The van der Waals surface area contributed by atoms with Gasteiger partial charge in [-0.25, -0.2) is 8.78 Å². The maximum absolute atomic E-state index is 13.9. The van der Waals surface area contributed by atoms with Crippen LogP contribution in [-0.4, -0.2) is 40.2 Å². The standard InChI is InChI=1S/C31H29BrF2N4O3/c1-18(29(39)36-15-19-10-24(33)14-25(34)11-19)30(40)37-28(13-21-16-35-27-5-3-2-4-26(21)27)31(41)38-9-8-20-6-7-23(32)12-22(20)17-38/h2-7,10-12,14,16,18,28,35H,8-9,13,15,17H2,1H3,(H,36,39)(H,37,40). The number of fused-ring (bicyclic) bond motifs is 2. The Kier molecular flexibility index (Phi) is 8.49. The van der Waals surface area contributed by atoms with E-state index in [1.54, 1.807) is 4.90 Å². The summed E-state index contributed by atoms with van der Waals surface area (Å²) in [6.07, 6.45) is 2.75. The number of carbonyl (C=O) groups excluding carboxylic acids is 3. The van der Waals surface area contributed by atoms with Crippen LogP contribution < -0.4 is 10.6 Å². The zero-order valence-electron chi connectivity index (χ0n) is 22.3. The average molecular weight is 623 g/mol. The van der Waals surface area contributed by atoms with E-state index in [2.05, 4.69) is 31.5 Å². The summed E-state index contributed by atoms with van der Waals surface area (Å²) in [5, 5.41) is 6.31. The fraction of sp³-hybridized carbons (Fsp3) is 0.258. The monoisotopic (exact) mass is 622 g/mol. The molecule has 10 heteroatoms. The molecule has 0 radical (unpaired) electrons. The van der Waals surface area contributed by atoms with Crippen molar-refractivity contribution in [1.29, 1.82) is 0 Å². The first kappa shape index (κ1) is 28.5. The lowest BCUT2D eigenvalue weighted by atomic mass is 9.97. The van der Waals surface area contributed by atoms with Gasteiger partial charge in [-0.1, -0.05) is 40.2 Å². The van der Waals surface area contributed by atoms with Gasteiger partial charge in [0, 0.05) is 53.7 Å². The number of H-pyrrole nitrogens is 1. The summed E-state index contributed by atoms with van der Waals surface area (Å²) in [6, 6.07) is 15.8. The number of carbonyl (C=O) groups is 3. The van der Waals surface area contributed by atoms with Gasteiger partial charge in [0.15, 0.2) is 0 Å². The first-order valence-electron chi connectivity index (χ1n) is 13.3. The number of nitrogens with one attached hydrogen (secondary N) is 3. The quantitative estimate of drug-likeness (QED) is 0.247. The summed E-state index contributed by atoms with van der Waals surface area (Å²) >= 11 is 3.50. The van der Waals surface area contributed by atoms with Crippen LogP contribution >= 0.6 is 15.9 Å². The minimum absolute atomic E-state index is 0.147. The third kappa shape index (κ3) is 6.65. The van der Waals surface area contributed by atoms with Crippen molar-refractivity contribution in [3.05, 3.63) is 105 Å². The van der Waals surface area contributed by atoms with Crippen molar-refractivity contribution in [2.45, 2.75) is 38.9 Å². The molecule has 0 saturated carbocycles. The molecule has 0 fully saturated rings. The largest absolute Gasteiger partial charge is 0.361 e. The molecule has 2 atom stereocenters. The normalized spacial score (nSPS) is 14.3. The third-order valence-corrected chi connectivity index (χ3v) is 7.87. The van der Waals surface area contributed by atoms with Crippen LogP contribution in [0.3, 0.4) is 0 Å². The Bertz CT molecular complexity index is 1600. The molecule has 2 unspecified atom stereocenters. The first-order valence-corrected chi connectivity index (χ1v) is 14.1. The molecule has 0 aliphatic carbocycles. The molecule has 2 heterocycles. The molecule has 4 aromatic rings. The number of benzene rings is 3. The molecule has 7 nitrogen and oxygen atoms in total. The number of hydrogen-bond acceptors (Lipinski definition) is 3. The maximum atomic E-state index is 13.9. The van der Waals surface area contributed by atoms with Crippen molar-refractivity contribution in [3.63, 3.8) is 0 Å². The Labute approximate surface area is 244 Å². The van der Waals surface area contributed by atoms with Crippen LogP contribution in [0.2, 0.25) is 0 Å². The number of amides is 3. The molecule has 212 valence electrons. The van der Waals surface area contributed by atoms with Crippen LogP contribution in [0.15, 0.2) is 71.3 Å². The van der Waals surface area contributed by atoms with Gasteiger partial charge >= 0.3 is 0 Å². The maximum Gasteiger partial charge on any atom is 0.245 e. The van der Waals surface area contributed by atoms with Gasteiger partial charge in [-0.15, -0.1) is 0 Å². The highest BCUT2D eigenvalue weighted by atomic mass is 79.9. The molecule has 1 aromatic heterocycles. The second-order valence-electron chi connectivity index (χ2n) is 10.3. The smallest absolute Gasteiger partial charge is 0.245 e. The summed E-state index contributed by atoms with van der Waals surface area (Å²) in [5.41, 5.74) is 4.23. The summed E-state index contributed by atoms with van der Waals surface area (Å²) < 4.78 is 27.9. The summed E-state index contributed by atoms with van der Waals surface area (Å²) in [7, 11) is 0. The lowest BCUT2D eigenvalue weighted by molar-refractivity contribution is -0.140. The van der Waals surface area contributed by atoms with Gasteiger partial charge < -0.3 is 20.5 Å². The molecule has 0 bridgehead atoms. The lowest BCUT2D eigenvalue weighted by Crippen LogP contribution is -2.53. The van der Waals surface area contributed by atoms with E-state index in [1.807, 2.05) is 48.7 Å². The SMILES string of the molecule is CC(C(=O)NCc1cc(F)cc(F)c1)C(=O)NC(Cc1c[nH]c2ccccc12)C(=O)N1CCc2ccc(Br)cc2C1. The minimum Gasteiger partial charge on any atom is -0.361 e. The van der Waals surface area contributed by atoms with Crippen LogP contribution in [0.1, 0.15) is 29.2 Å². The predicted molar refractivity (Wildman–Crippen MR) is 155 cm³/mol. The van der Waals surface area contributed by atoms with Gasteiger partial charge in [0.25, 0.3) is 0 Å². The average Bonchev–Trinajstić information content (AvgIpc) is 3.36. The Morgan fingerprint density at radius 3 is 2.54 bits per heavy atom. The van der Waals surface area contributed by atoms with Crippen LogP contribution in [0.4, 0.5) is 8.78 Å². The van der Waals surface area contributed by atoms with E-state index in [1.165, 1.54) is 12.5 Å². The van der Waals surface area contributed by atoms with Crippen molar-refractivity contribution >= 4 is 44.6 Å². The van der Waals surface area contributed by atoms with E-state index in [-0.39, 0.29) is 24.4 Å². The number of para-hydroxylation sites is 1. The fourth-order valence-electron chi connectivity index (χ4n) is 5.13. The summed E-state index contributed by atoms with van der Waals surface area (Å²) in [5.74, 6) is -4.15. The van der Waals surface area contributed by atoms with E-state index in [0.29, 0.717) is 19.5 Å². The summed E-state index contributed by atoms with van der Waals surface area (Å²) in [4.78, 5) is 44.9. The number of nitrogens with zero attached hydrogens (tertiary/aromatic N) is 1. The number of aromatic nitrogens is 1. The van der Waals surface area contributed by atoms with Crippen molar-refractivity contribution in [2.75, 3.05) is 6.54 Å². The molecule has 0 saturated heterocycles. The van der Waals surface area contributed by atoms with E-state index >= 15 is 0 Å². The van der Waals surface area contributed by atoms with E-state index < -0.39 is 35.4 Å². The number of halogens is 3. The van der Waals surface area contributed by atoms with Gasteiger partial charge in [-0.2, -0.15) is 0 Å². The Balaban J connectivity index is 1.32. The molecule has 3 N–H and O–H groups in total. The van der Waals surface area contributed by atoms with Gasteiger partial charge in [0.1, 0.15) is 23.6 Å². The zero-order valence-corrected chi connectivity index (χ0v) is 23.9. The van der Waals surface area contributed by atoms with Crippen LogP contribution in [-0.2, 0) is 40.3 Å². The summed E-state index contributed by atoms with van der Waals surface area (Å²) in [6.45, 7) is 2.20. The molecule has 1 aliphatic heterocycles. The molecule has 5 rings (SSSR count). The van der Waals surface area contributed by atoms with Crippen LogP contribution in [0.5, 0.6) is 0 Å². The van der Waals surface area contributed by atoms with Gasteiger partial charge in [-0.3, -0.25) is 14.4 Å². The van der Waals surface area contributed by atoms with Crippen molar-refractivity contribution < 1.29 is 23.2 Å². The van der Waals surface area contributed by atoms with Crippen molar-refractivity contribution in [1.82, 2.24) is 20.5 Å². The predicted octanol–water partition coefficient (Wildman–Crippen LogP) is 4.77. The molecule has 1 aliphatic rings. The molecule has 41 heavy (non-hydrogen) atoms. The van der Waals surface area contributed by atoms with Crippen molar-refractivity contribution in [3.8, 4) is 0 Å². The van der Waals surface area contributed by atoms with Crippen molar-refractivity contribution in [2.24, 2.45) is 5.92 Å². The molecule has 3 amide bonds. The number of rotatable bonds is 8. The highest BCUT2D eigenvalue weighted by Crippen LogP contribution is 2.25. The Hall–Kier alpha value is -4.05. The van der Waals surface area contributed by atoms with E-state index in [4.69, 9.17) is 0 Å². The lowest BCUT2D eigenvalue weighted by Gasteiger charge is -2.32. The Morgan fingerprint density at radius 1 is 1.00 bits per heavy atom. The molecular weight excluding hydrogens is 594 g/mol. The topological polar surface area (TPSA) is 94.3 Å². The van der Waals surface area contributed by atoms with Gasteiger partial charge in [0.2, 0.25) is 17.7 Å². The number of aromatic amines is 1. The van der Waals surface area contributed by atoms with Crippen LogP contribution in [0.25, 0.3) is 10.9 Å². The number of hydrogen-bond donors (Lipinski definition) is 3. The molecule has 0 spiro atoms. The fourth-order valence-corrected chi connectivity index (χ4v) is 5.53. The van der Waals surface area contributed by atoms with Crippen LogP contribution in [0, 0.1) is 17.6 Å². The molecule has 3 aromatic carbocycles.